The zero-order valence-electron chi connectivity index (χ0n) is 16.2. The maximum absolute atomic E-state index is 12.7. The summed E-state index contributed by atoms with van der Waals surface area (Å²) >= 11 is 3.54. The van der Waals surface area contributed by atoms with Gasteiger partial charge in [-0.15, -0.1) is 22.7 Å². The Morgan fingerprint density at radius 1 is 1.39 bits per heavy atom. The smallest absolute Gasteiger partial charge is 0.138 e. The van der Waals surface area contributed by atoms with Gasteiger partial charge in [-0.1, -0.05) is 6.92 Å². The standard InChI is InChI=1S/C22H25N3OS2.H2/c1-13-9-14(13)3-2-4-15(26)10-19-21(16-5-7-24-12-20(16)27-19)22-25-17-11-23-8-6-18(17)28-22;/h6,8,11,13-14,24H,2-5,7,9-10,12H2,1H3;1H. The molecule has 0 aromatic carbocycles. The molecular weight excluding hydrogens is 386 g/mol. The first kappa shape index (κ1) is 18.4. The van der Waals surface area contributed by atoms with Crippen molar-refractivity contribution >= 4 is 38.7 Å². The highest BCUT2D eigenvalue weighted by Crippen LogP contribution is 2.43. The van der Waals surface area contributed by atoms with Crippen molar-refractivity contribution in [3.8, 4) is 10.6 Å². The van der Waals surface area contributed by atoms with Crippen LogP contribution < -0.4 is 5.32 Å². The number of fused-ring (bicyclic) bond motifs is 2. The van der Waals surface area contributed by atoms with E-state index in [0.29, 0.717) is 18.6 Å². The van der Waals surface area contributed by atoms with Crippen molar-refractivity contribution in [1.82, 2.24) is 15.3 Å². The minimum atomic E-state index is 0. The van der Waals surface area contributed by atoms with Crippen LogP contribution in [0.15, 0.2) is 18.5 Å². The molecule has 1 fully saturated rings. The molecule has 1 N–H and O–H groups in total. The third kappa shape index (κ3) is 3.65. The Morgan fingerprint density at radius 3 is 3.11 bits per heavy atom. The topological polar surface area (TPSA) is 54.9 Å². The molecule has 2 unspecified atom stereocenters. The van der Waals surface area contributed by atoms with Crippen molar-refractivity contribution in [2.24, 2.45) is 11.8 Å². The van der Waals surface area contributed by atoms with Crippen LogP contribution in [-0.4, -0.2) is 22.3 Å². The van der Waals surface area contributed by atoms with E-state index in [1.165, 1.54) is 33.7 Å². The fourth-order valence-corrected chi connectivity index (χ4v) is 6.73. The number of carbonyl (C=O) groups is 1. The number of pyridine rings is 1. The second-order valence-electron chi connectivity index (χ2n) is 8.17. The Hall–Kier alpha value is -1.63. The number of thiophene rings is 1. The molecule has 1 aliphatic heterocycles. The van der Waals surface area contributed by atoms with Gasteiger partial charge in [-0.3, -0.25) is 9.78 Å². The maximum Gasteiger partial charge on any atom is 0.138 e. The third-order valence-electron chi connectivity index (χ3n) is 6.07. The molecule has 148 valence electrons. The van der Waals surface area contributed by atoms with E-state index in [4.69, 9.17) is 4.98 Å². The van der Waals surface area contributed by atoms with Gasteiger partial charge < -0.3 is 5.32 Å². The molecule has 2 aliphatic rings. The van der Waals surface area contributed by atoms with E-state index in [-0.39, 0.29) is 1.43 Å². The fourth-order valence-electron chi connectivity index (χ4n) is 4.28. The molecule has 6 heteroatoms. The number of Topliss-reactive ketones (excluding diaryl/α,β-unsaturated/α-hetero) is 1. The molecule has 0 amide bonds. The molecule has 0 radical (unpaired) electrons. The number of aromatic nitrogens is 2. The Kier molecular flexibility index (Phi) is 5.03. The lowest BCUT2D eigenvalue weighted by molar-refractivity contribution is -0.118. The molecule has 1 aliphatic carbocycles. The van der Waals surface area contributed by atoms with Gasteiger partial charge in [0.25, 0.3) is 0 Å². The van der Waals surface area contributed by atoms with Crippen LogP contribution >= 0.6 is 22.7 Å². The molecule has 0 spiro atoms. The van der Waals surface area contributed by atoms with Crippen molar-refractivity contribution in [1.29, 1.82) is 0 Å². The van der Waals surface area contributed by atoms with Crippen LogP contribution in [0, 0.1) is 11.8 Å². The number of hydrogen-bond donors (Lipinski definition) is 1. The van der Waals surface area contributed by atoms with Crippen molar-refractivity contribution in [2.45, 2.75) is 52.0 Å². The first-order valence-corrected chi connectivity index (χ1v) is 11.9. The van der Waals surface area contributed by atoms with Gasteiger partial charge in [0.15, 0.2) is 0 Å². The summed E-state index contributed by atoms with van der Waals surface area (Å²) in [7, 11) is 0. The van der Waals surface area contributed by atoms with E-state index in [9.17, 15) is 4.79 Å². The second kappa shape index (κ2) is 7.65. The van der Waals surface area contributed by atoms with E-state index in [1.54, 1.807) is 11.3 Å². The summed E-state index contributed by atoms with van der Waals surface area (Å²) in [4.78, 5) is 24.4. The van der Waals surface area contributed by atoms with Gasteiger partial charge in [0.2, 0.25) is 0 Å². The Morgan fingerprint density at radius 2 is 2.29 bits per heavy atom. The van der Waals surface area contributed by atoms with Crippen LogP contribution in [0.2, 0.25) is 0 Å². The molecule has 0 bridgehead atoms. The summed E-state index contributed by atoms with van der Waals surface area (Å²) in [6.07, 6.45) is 9.56. The van der Waals surface area contributed by atoms with Crippen molar-refractivity contribution < 1.29 is 6.22 Å². The molecule has 1 saturated carbocycles. The highest BCUT2D eigenvalue weighted by molar-refractivity contribution is 7.22. The summed E-state index contributed by atoms with van der Waals surface area (Å²) in [5.41, 5.74) is 3.60. The van der Waals surface area contributed by atoms with Crippen LogP contribution in [0.4, 0.5) is 0 Å². The summed E-state index contributed by atoms with van der Waals surface area (Å²) in [5, 5.41) is 4.52. The minimum Gasteiger partial charge on any atom is -0.312 e. The monoisotopic (exact) mass is 413 g/mol. The minimum absolute atomic E-state index is 0. The number of nitrogens with one attached hydrogen (secondary N) is 1. The normalized spacial score (nSPS) is 21.0. The number of ketones is 1. The van der Waals surface area contributed by atoms with Crippen molar-refractivity contribution in [3.63, 3.8) is 0 Å². The summed E-state index contributed by atoms with van der Waals surface area (Å²) in [5.74, 6) is 2.13. The SMILES string of the molecule is CC1CC1CCCC(=O)Cc1sc2c(c1-c1nc3cnccc3s1)CCNC2.[HH]. The molecule has 28 heavy (non-hydrogen) atoms. The number of hydrogen-bond acceptors (Lipinski definition) is 6. The maximum atomic E-state index is 12.7. The van der Waals surface area contributed by atoms with Crippen molar-refractivity contribution in [3.05, 3.63) is 33.8 Å². The third-order valence-corrected chi connectivity index (χ3v) is 8.35. The largest absolute Gasteiger partial charge is 0.312 e. The molecule has 5 rings (SSSR count). The number of nitrogens with zero attached hydrogens (tertiary/aromatic N) is 2. The predicted molar refractivity (Wildman–Crippen MR) is 118 cm³/mol. The lowest BCUT2D eigenvalue weighted by atomic mass is 10.00. The van der Waals surface area contributed by atoms with Crippen LogP contribution in [0.25, 0.3) is 20.8 Å². The fraction of sp³-hybridized carbons (Fsp3) is 0.500. The average molecular weight is 414 g/mol. The Bertz CT molecular complexity index is 995. The molecule has 2 atom stereocenters. The molecule has 3 aromatic heterocycles. The summed E-state index contributed by atoms with van der Waals surface area (Å²) in [6, 6.07) is 2.03. The van der Waals surface area contributed by atoms with E-state index >= 15 is 0 Å². The van der Waals surface area contributed by atoms with E-state index in [2.05, 4.69) is 17.2 Å². The molecule has 0 saturated heterocycles. The Labute approximate surface area is 174 Å². The molecule has 4 nitrogen and oxygen atoms in total. The molecular formula is C22H27N3OS2. The summed E-state index contributed by atoms with van der Waals surface area (Å²) in [6.45, 7) is 4.22. The van der Waals surface area contributed by atoms with Gasteiger partial charge in [0.1, 0.15) is 16.3 Å². The lowest BCUT2D eigenvalue weighted by Crippen LogP contribution is -2.22. The molecule has 3 aromatic rings. The van der Waals surface area contributed by atoms with Gasteiger partial charge in [0, 0.05) is 42.3 Å². The van der Waals surface area contributed by atoms with Gasteiger partial charge >= 0.3 is 0 Å². The van der Waals surface area contributed by atoms with Crippen molar-refractivity contribution in [2.75, 3.05) is 6.54 Å². The first-order chi connectivity index (χ1) is 13.7. The predicted octanol–water partition coefficient (Wildman–Crippen LogP) is 5.25. The molecule has 4 heterocycles. The Balaban J connectivity index is 0.00000205. The van der Waals surface area contributed by atoms with Gasteiger partial charge in [-0.25, -0.2) is 4.98 Å². The highest BCUT2D eigenvalue weighted by atomic mass is 32.1. The van der Waals surface area contributed by atoms with Gasteiger partial charge in [0.05, 0.1) is 10.9 Å². The van der Waals surface area contributed by atoms with Crippen LogP contribution in [-0.2, 0) is 24.2 Å². The van der Waals surface area contributed by atoms with Crippen LogP contribution in [0.5, 0.6) is 0 Å². The first-order valence-electron chi connectivity index (χ1n) is 10.3. The quantitative estimate of drug-likeness (QED) is 0.575. The summed E-state index contributed by atoms with van der Waals surface area (Å²) < 4.78 is 1.16. The van der Waals surface area contributed by atoms with E-state index in [0.717, 1.165) is 53.0 Å². The number of carbonyl (C=O) groups excluding carboxylic acids is 1. The number of thiazole rings is 1. The number of rotatable bonds is 7. The average Bonchev–Trinajstić information content (AvgIpc) is 3.10. The van der Waals surface area contributed by atoms with E-state index < -0.39 is 0 Å². The van der Waals surface area contributed by atoms with Gasteiger partial charge in [-0.2, -0.15) is 0 Å². The zero-order chi connectivity index (χ0) is 19.1. The lowest BCUT2D eigenvalue weighted by Gasteiger charge is -2.13. The van der Waals surface area contributed by atoms with Gasteiger partial charge in [-0.05, 0) is 55.7 Å². The second-order valence-corrected chi connectivity index (χ2v) is 10.4. The van der Waals surface area contributed by atoms with Crippen LogP contribution in [0.3, 0.4) is 0 Å². The van der Waals surface area contributed by atoms with Crippen LogP contribution in [0.1, 0.15) is 49.4 Å². The van der Waals surface area contributed by atoms with E-state index in [1.807, 2.05) is 29.8 Å². The zero-order valence-corrected chi connectivity index (χ0v) is 17.8. The highest BCUT2D eigenvalue weighted by Gasteiger charge is 2.31.